The molecule has 1 aromatic carbocycles. The molecular formula is C28H36N4O3. The van der Waals surface area contributed by atoms with Gasteiger partial charge in [-0.2, -0.15) is 0 Å². The summed E-state index contributed by atoms with van der Waals surface area (Å²) >= 11 is 0. The number of amides is 2. The first kappa shape index (κ1) is 23.9. The van der Waals surface area contributed by atoms with Gasteiger partial charge in [0, 0.05) is 82.4 Å². The Labute approximate surface area is 208 Å². The van der Waals surface area contributed by atoms with Crippen molar-refractivity contribution in [2.75, 3.05) is 31.2 Å². The first-order chi connectivity index (χ1) is 17.1. The highest BCUT2D eigenvalue weighted by Crippen LogP contribution is 2.33. The summed E-state index contributed by atoms with van der Waals surface area (Å²) in [4.78, 5) is 37.5. The second-order valence-corrected chi connectivity index (χ2v) is 10.1. The molecule has 3 aliphatic rings. The zero-order valence-corrected chi connectivity index (χ0v) is 20.6. The molecule has 0 aliphatic carbocycles. The number of anilines is 1. The molecule has 0 N–H and O–H groups in total. The van der Waals surface area contributed by atoms with Gasteiger partial charge in [0.2, 0.25) is 11.8 Å². The molecule has 4 heterocycles. The molecule has 3 aliphatic heterocycles. The predicted octanol–water partition coefficient (Wildman–Crippen LogP) is 3.63. The maximum atomic E-state index is 13.8. The third-order valence-corrected chi connectivity index (χ3v) is 7.88. The number of carbonyl (C=O) groups is 2. The van der Waals surface area contributed by atoms with Crippen molar-refractivity contribution < 1.29 is 14.3 Å². The van der Waals surface area contributed by atoms with Gasteiger partial charge in [-0.25, -0.2) is 0 Å². The minimum absolute atomic E-state index is 0.00826. The lowest BCUT2D eigenvalue weighted by Crippen LogP contribution is -2.47. The highest BCUT2D eigenvalue weighted by molar-refractivity contribution is 5.92. The fourth-order valence-corrected chi connectivity index (χ4v) is 6.01. The van der Waals surface area contributed by atoms with Crippen molar-refractivity contribution in [2.24, 2.45) is 5.92 Å². The molecule has 0 spiro atoms. The van der Waals surface area contributed by atoms with E-state index < -0.39 is 0 Å². The van der Waals surface area contributed by atoms with Crippen molar-refractivity contribution in [3.63, 3.8) is 0 Å². The lowest BCUT2D eigenvalue weighted by molar-refractivity contribution is -0.140. The minimum Gasteiger partial charge on any atom is -0.381 e. The van der Waals surface area contributed by atoms with E-state index in [2.05, 4.69) is 26.9 Å². The molecule has 0 radical (unpaired) electrons. The second-order valence-electron chi connectivity index (χ2n) is 10.1. The summed E-state index contributed by atoms with van der Waals surface area (Å²) in [5.41, 5.74) is 3.16. The van der Waals surface area contributed by atoms with Crippen molar-refractivity contribution in [1.29, 1.82) is 0 Å². The lowest BCUT2D eigenvalue weighted by Gasteiger charge is -2.35. The van der Waals surface area contributed by atoms with E-state index in [-0.39, 0.29) is 17.7 Å². The number of hydrogen-bond acceptors (Lipinski definition) is 5. The number of nitrogens with zero attached hydrogens (tertiary/aromatic N) is 4. The Kier molecular flexibility index (Phi) is 7.44. The van der Waals surface area contributed by atoms with Crippen LogP contribution >= 0.6 is 0 Å². The molecule has 1 aromatic heterocycles. The molecule has 2 saturated heterocycles. The largest absolute Gasteiger partial charge is 0.381 e. The molecule has 5 rings (SSSR count). The summed E-state index contributed by atoms with van der Waals surface area (Å²) < 4.78 is 5.53. The Morgan fingerprint density at radius 2 is 1.80 bits per heavy atom. The molecule has 2 bridgehead atoms. The van der Waals surface area contributed by atoms with Crippen LogP contribution in [0.2, 0.25) is 0 Å². The molecule has 2 atom stereocenters. The summed E-state index contributed by atoms with van der Waals surface area (Å²) in [6.07, 6.45) is 8.36. The Hall–Kier alpha value is -2.77. The van der Waals surface area contributed by atoms with Gasteiger partial charge in [0.1, 0.15) is 0 Å². The Morgan fingerprint density at radius 3 is 2.57 bits per heavy atom. The molecule has 2 unspecified atom stereocenters. The maximum Gasteiger partial charge on any atom is 0.226 e. The van der Waals surface area contributed by atoms with E-state index in [1.807, 2.05) is 35.4 Å². The number of pyridine rings is 1. The third kappa shape index (κ3) is 5.41. The van der Waals surface area contributed by atoms with Gasteiger partial charge >= 0.3 is 0 Å². The van der Waals surface area contributed by atoms with Crippen LogP contribution in [0.5, 0.6) is 0 Å². The standard InChI is InChI=1S/C28H36N4O3/c1-21(33)31-14-10-25-8-9-26(32(25)18-22-5-4-13-29-17-22)20-30(19-24-6-2-3-7-27(24)31)28(34)23-11-15-35-16-12-23/h2-7,13,17,23,25-26H,8-12,14-16,18-20H2,1H3. The molecule has 2 amide bonds. The number of rotatable bonds is 3. The van der Waals surface area contributed by atoms with Crippen molar-refractivity contribution >= 4 is 17.5 Å². The Morgan fingerprint density at radius 1 is 1.00 bits per heavy atom. The van der Waals surface area contributed by atoms with Gasteiger partial charge in [-0.15, -0.1) is 0 Å². The summed E-state index contributed by atoms with van der Waals surface area (Å²) in [5.74, 6) is 0.280. The number of carbonyl (C=O) groups excluding carboxylic acids is 2. The molecule has 2 fully saturated rings. The van der Waals surface area contributed by atoms with Gasteiger partial charge in [-0.3, -0.25) is 19.5 Å². The Bertz CT molecular complexity index is 1020. The highest BCUT2D eigenvalue weighted by Gasteiger charge is 2.38. The highest BCUT2D eigenvalue weighted by atomic mass is 16.5. The van der Waals surface area contributed by atoms with Gasteiger partial charge in [-0.05, 0) is 55.4 Å². The summed E-state index contributed by atoms with van der Waals surface area (Å²) in [6.45, 7) is 5.68. The van der Waals surface area contributed by atoms with Crippen LogP contribution in [-0.4, -0.2) is 65.0 Å². The quantitative estimate of drug-likeness (QED) is 0.677. The first-order valence-corrected chi connectivity index (χ1v) is 13.0. The summed E-state index contributed by atoms with van der Waals surface area (Å²) in [7, 11) is 0. The van der Waals surface area contributed by atoms with Gasteiger partial charge < -0.3 is 14.5 Å². The van der Waals surface area contributed by atoms with Crippen LogP contribution in [0.3, 0.4) is 0 Å². The smallest absolute Gasteiger partial charge is 0.226 e. The third-order valence-electron chi connectivity index (χ3n) is 7.88. The second kappa shape index (κ2) is 10.9. The van der Waals surface area contributed by atoms with Gasteiger partial charge in [-0.1, -0.05) is 24.3 Å². The van der Waals surface area contributed by atoms with E-state index in [1.165, 1.54) is 5.56 Å². The number of hydrogen-bond donors (Lipinski definition) is 0. The summed E-state index contributed by atoms with van der Waals surface area (Å²) in [5, 5.41) is 0. The van der Waals surface area contributed by atoms with E-state index in [9.17, 15) is 9.59 Å². The molecule has 35 heavy (non-hydrogen) atoms. The monoisotopic (exact) mass is 476 g/mol. The normalized spacial score (nSPS) is 24.0. The van der Waals surface area contributed by atoms with Crippen LogP contribution in [0, 0.1) is 5.92 Å². The van der Waals surface area contributed by atoms with Crippen molar-refractivity contribution in [2.45, 2.75) is 64.2 Å². The average Bonchev–Trinajstić information content (AvgIpc) is 3.24. The number of aromatic nitrogens is 1. The zero-order chi connectivity index (χ0) is 24.2. The van der Waals surface area contributed by atoms with Crippen LogP contribution in [0.4, 0.5) is 5.69 Å². The number of ether oxygens (including phenoxy) is 1. The van der Waals surface area contributed by atoms with Crippen LogP contribution in [0.15, 0.2) is 48.8 Å². The maximum absolute atomic E-state index is 13.8. The zero-order valence-electron chi connectivity index (χ0n) is 20.6. The van der Waals surface area contributed by atoms with E-state index in [4.69, 9.17) is 4.74 Å². The summed E-state index contributed by atoms with van der Waals surface area (Å²) in [6, 6.07) is 12.9. The first-order valence-electron chi connectivity index (χ1n) is 13.0. The van der Waals surface area contributed by atoms with Crippen molar-refractivity contribution in [1.82, 2.24) is 14.8 Å². The van der Waals surface area contributed by atoms with E-state index in [0.29, 0.717) is 44.9 Å². The fourth-order valence-electron chi connectivity index (χ4n) is 6.01. The van der Waals surface area contributed by atoms with E-state index in [0.717, 1.165) is 49.9 Å². The van der Waals surface area contributed by atoms with E-state index >= 15 is 0 Å². The topological polar surface area (TPSA) is 66.0 Å². The minimum atomic E-state index is 0.00826. The Balaban J connectivity index is 1.49. The fraction of sp³-hybridized carbons (Fsp3) is 0.536. The number of fused-ring (bicyclic) bond motifs is 3. The van der Waals surface area contributed by atoms with Crippen LogP contribution in [-0.2, 0) is 27.4 Å². The molecule has 7 heteroatoms. The number of para-hydroxylation sites is 1. The molecule has 7 nitrogen and oxygen atoms in total. The van der Waals surface area contributed by atoms with Gasteiger partial charge in [0.15, 0.2) is 0 Å². The predicted molar refractivity (Wildman–Crippen MR) is 135 cm³/mol. The average molecular weight is 477 g/mol. The van der Waals surface area contributed by atoms with Crippen LogP contribution in [0.1, 0.15) is 50.2 Å². The van der Waals surface area contributed by atoms with Gasteiger partial charge in [0.25, 0.3) is 0 Å². The van der Waals surface area contributed by atoms with Crippen molar-refractivity contribution in [3.05, 3.63) is 59.9 Å². The lowest BCUT2D eigenvalue weighted by atomic mass is 9.97. The molecule has 2 aromatic rings. The van der Waals surface area contributed by atoms with E-state index in [1.54, 1.807) is 13.1 Å². The molecule has 186 valence electrons. The van der Waals surface area contributed by atoms with Crippen LogP contribution < -0.4 is 4.90 Å². The molecular weight excluding hydrogens is 440 g/mol. The molecule has 0 saturated carbocycles. The van der Waals surface area contributed by atoms with Crippen LogP contribution in [0.25, 0.3) is 0 Å². The number of benzene rings is 1. The SMILES string of the molecule is CC(=O)N1CCC2CCC(CN(C(=O)C3CCOCC3)Cc3ccccc31)N2Cc1cccnc1. The van der Waals surface area contributed by atoms with Crippen molar-refractivity contribution in [3.8, 4) is 0 Å². The van der Waals surface area contributed by atoms with Gasteiger partial charge in [0.05, 0.1) is 0 Å².